The molecule has 0 fully saturated rings. The average Bonchev–Trinajstić information content (AvgIpc) is 2.62. The molecule has 25 heavy (non-hydrogen) atoms. The maximum atomic E-state index is 13.2. The second-order valence-electron chi connectivity index (χ2n) is 5.88. The Kier molecular flexibility index (Phi) is 7.19. The molecule has 0 unspecified atom stereocenters. The van der Waals surface area contributed by atoms with Gasteiger partial charge < -0.3 is 10.6 Å². The van der Waals surface area contributed by atoms with Gasteiger partial charge in [-0.15, -0.1) is 12.4 Å². The lowest BCUT2D eigenvalue weighted by Gasteiger charge is -2.21. The van der Waals surface area contributed by atoms with E-state index in [2.05, 4.69) is 15.6 Å². The van der Waals surface area contributed by atoms with Crippen LogP contribution in [0.25, 0.3) is 0 Å². The summed E-state index contributed by atoms with van der Waals surface area (Å²) in [5.74, 6) is 0.395. The van der Waals surface area contributed by atoms with E-state index in [0.29, 0.717) is 0 Å². The Morgan fingerprint density at radius 1 is 0.960 bits per heavy atom. The summed E-state index contributed by atoms with van der Waals surface area (Å²) in [6.45, 7) is 2.51. The minimum Gasteiger partial charge on any atom is -0.356 e. The predicted molar refractivity (Wildman–Crippen MR) is 99.4 cm³/mol. The first-order valence-electron chi connectivity index (χ1n) is 8.25. The van der Waals surface area contributed by atoms with Crippen LogP contribution >= 0.6 is 12.4 Å². The Bertz CT molecular complexity index is 641. The number of hydrogen-bond donors (Lipinski definition) is 2. The van der Waals surface area contributed by atoms with E-state index in [1.54, 1.807) is 24.3 Å². The number of guanidine groups is 1. The molecule has 0 bridgehead atoms. The molecule has 2 N–H and O–H groups in total. The van der Waals surface area contributed by atoms with Gasteiger partial charge in [0.2, 0.25) is 0 Å². The maximum Gasteiger partial charge on any atom is 0.191 e. The molecule has 0 atom stereocenters. The molecule has 3 nitrogen and oxygen atoms in total. The van der Waals surface area contributed by atoms with Crippen LogP contribution in [0.1, 0.15) is 29.9 Å². The lowest BCUT2D eigenvalue weighted by molar-refractivity contribution is 0.620. The van der Waals surface area contributed by atoms with Crippen LogP contribution in [0.4, 0.5) is 8.78 Å². The third-order valence-electron chi connectivity index (χ3n) is 4.17. The lowest BCUT2D eigenvalue weighted by atomic mass is 9.88. The van der Waals surface area contributed by atoms with Crippen molar-refractivity contribution in [3.05, 3.63) is 71.3 Å². The van der Waals surface area contributed by atoms with E-state index in [4.69, 9.17) is 0 Å². The Morgan fingerprint density at radius 2 is 1.52 bits per heavy atom. The molecule has 6 heteroatoms. The van der Waals surface area contributed by atoms with Crippen molar-refractivity contribution in [3.8, 4) is 0 Å². The Morgan fingerprint density at radius 3 is 2.00 bits per heavy atom. The number of aliphatic imine (C=N–C) groups is 1. The topological polar surface area (TPSA) is 36.4 Å². The highest BCUT2D eigenvalue weighted by molar-refractivity contribution is 5.85. The van der Waals surface area contributed by atoms with Gasteiger partial charge in [-0.2, -0.15) is 0 Å². The SMILES string of the molecule is Cl.Fc1ccc(C(CCNC2=NCCCN2)c2ccc(F)cc2)cc1. The average molecular weight is 366 g/mol. The van der Waals surface area contributed by atoms with Crippen LogP contribution in [0.2, 0.25) is 0 Å². The number of benzene rings is 2. The van der Waals surface area contributed by atoms with Crippen molar-refractivity contribution >= 4 is 18.4 Å². The van der Waals surface area contributed by atoms with Gasteiger partial charge in [-0.25, -0.2) is 8.78 Å². The summed E-state index contributed by atoms with van der Waals surface area (Å²) < 4.78 is 26.4. The molecule has 0 aromatic heterocycles. The molecule has 134 valence electrons. The highest BCUT2D eigenvalue weighted by Gasteiger charge is 2.15. The highest BCUT2D eigenvalue weighted by Crippen LogP contribution is 2.28. The van der Waals surface area contributed by atoms with E-state index >= 15 is 0 Å². The third-order valence-corrected chi connectivity index (χ3v) is 4.17. The molecule has 0 saturated heterocycles. The molecule has 0 spiro atoms. The molecule has 3 rings (SSSR count). The first kappa shape index (κ1) is 19.2. The molecule has 0 saturated carbocycles. The van der Waals surface area contributed by atoms with Crippen LogP contribution in [0, 0.1) is 11.6 Å². The number of nitrogens with one attached hydrogen (secondary N) is 2. The number of rotatable bonds is 5. The number of hydrogen-bond acceptors (Lipinski definition) is 3. The molecule has 0 radical (unpaired) electrons. The summed E-state index contributed by atoms with van der Waals surface area (Å²) in [7, 11) is 0. The summed E-state index contributed by atoms with van der Waals surface area (Å²) in [6.07, 6.45) is 1.86. The van der Waals surface area contributed by atoms with Crippen molar-refractivity contribution in [3.63, 3.8) is 0 Å². The van der Waals surface area contributed by atoms with E-state index in [1.807, 2.05) is 0 Å². The number of nitrogens with zero attached hydrogens (tertiary/aromatic N) is 1. The Hall–Kier alpha value is -2.14. The van der Waals surface area contributed by atoms with E-state index in [-0.39, 0.29) is 30.0 Å². The van der Waals surface area contributed by atoms with Crippen LogP contribution in [0.5, 0.6) is 0 Å². The van der Waals surface area contributed by atoms with Gasteiger partial charge in [-0.1, -0.05) is 24.3 Å². The Balaban J connectivity index is 0.00000225. The minimum absolute atomic E-state index is 0. The fourth-order valence-corrected chi connectivity index (χ4v) is 2.90. The van der Waals surface area contributed by atoms with Gasteiger partial charge in [0.15, 0.2) is 5.96 Å². The zero-order chi connectivity index (χ0) is 16.8. The van der Waals surface area contributed by atoms with Gasteiger partial charge in [-0.05, 0) is 48.2 Å². The predicted octanol–water partition coefficient (Wildman–Crippen LogP) is 3.85. The fourth-order valence-electron chi connectivity index (χ4n) is 2.90. The third kappa shape index (κ3) is 5.43. The summed E-state index contributed by atoms with van der Waals surface area (Å²) in [5, 5.41) is 6.53. The highest BCUT2D eigenvalue weighted by atomic mass is 35.5. The van der Waals surface area contributed by atoms with Crippen LogP contribution < -0.4 is 10.6 Å². The molecular weight excluding hydrogens is 344 g/mol. The zero-order valence-corrected chi connectivity index (χ0v) is 14.7. The smallest absolute Gasteiger partial charge is 0.191 e. The first-order chi connectivity index (χ1) is 11.7. The van der Waals surface area contributed by atoms with E-state index < -0.39 is 0 Å². The lowest BCUT2D eigenvalue weighted by Crippen LogP contribution is -2.41. The van der Waals surface area contributed by atoms with Crippen LogP contribution in [-0.4, -0.2) is 25.6 Å². The second-order valence-corrected chi connectivity index (χ2v) is 5.88. The first-order valence-corrected chi connectivity index (χ1v) is 8.25. The summed E-state index contributed by atoms with van der Waals surface area (Å²) in [6, 6.07) is 13.0. The summed E-state index contributed by atoms with van der Waals surface area (Å²) in [5.41, 5.74) is 2.03. The van der Waals surface area contributed by atoms with Crippen molar-refractivity contribution in [2.45, 2.75) is 18.8 Å². The quantitative estimate of drug-likeness (QED) is 0.844. The van der Waals surface area contributed by atoms with Gasteiger partial charge in [0.05, 0.1) is 0 Å². The molecule has 1 heterocycles. The molecule has 2 aromatic carbocycles. The van der Waals surface area contributed by atoms with Gasteiger partial charge in [0.25, 0.3) is 0 Å². The largest absolute Gasteiger partial charge is 0.356 e. The Labute approximate surface area is 153 Å². The molecular formula is C19H22ClF2N3. The monoisotopic (exact) mass is 365 g/mol. The van der Waals surface area contributed by atoms with Crippen molar-refractivity contribution < 1.29 is 8.78 Å². The number of halogens is 3. The molecule has 0 amide bonds. The van der Waals surface area contributed by atoms with Gasteiger partial charge in [0.1, 0.15) is 11.6 Å². The van der Waals surface area contributed by atoms with Gasteiger partial charge in [0, 0.05) is 25.6 Å². The van der Waals surface area contributed by atoms with Crippen molar-refractivity contribution in [1.29, 1.82) is 0 Å². The van der Waals surface area contributed by atoms with Gasteiger partial charge >= 0.3 is 0 Å². The van der Waals surface area contributed by atoms with E-state index in [1.165, 1.54) is 24.3 Å². The van der Waals surface area contributed by atoms with Crippen molar-refractivity contribution in [2.24, 2.45) is 4.99 Å². The molecule has 1 aliphatic rings. The molecule has 1 aliphatic heterocycles. The normalized spacial score (nSPS) is 13.6. The minimum atomic E-state index is -0.254. The van der Waals surface area contributed by atoms with Crippen molar-refractivity contribution in [2.75, 3.05) is 19.6 Å². The van der Waals surface area contributed by atoms with E-state index in [9.17, 15) is 8.78 Å². The van der Waals surface area contributed by atoms with Crippen molar-refractivity contribution in [1.82, 2.24) is 10.6 Å². The maximum absolute atomic E-state index is 13.2. The van der Waals surface area contributed by atoms with Crippen LogP contribution in [0.15, 0.2) is 53.5 Å². The van der Waals surface area contributed by atoms with E-state index in [0.717, 1.165) is 49.6 Å². The molecule has 2 aromatic rings. The summed E-state index contributed by atoms with van der Waals surface area (Å²) >= 11 is 0. The van der Waals surface area contributed by atoms with Crippen LogP contribution in [0.3, 0.4) is 0 Å². The van der Waals surface area contributed by atoms with Crippen LogP contribution in [-0.2, 0) is 0 Å². The summed E-state index contributed by atoms with van der Waals surface area (Å²) in [4.78, 5) is 4.39. The zero-order valence-electron chi connectivity index (χ0n) is 13.8. The molecule has 0 aliphatic carbocycles. The fraction of sp³-hybridized carbons (Fsp3) is 0.316. The standard InChI is InChI=1S/C19H21F2N3.ClH/c20-16-6-2-14(3-7-16)18(15-4-8-17(21)9-5-15)10-13-24-19-22-11-1-12-23-19;/h2-9,18H,1,10-13H2,(H2,22,23,24);1H. The van der Waals surface area contributed by atoms with Gasteiger partial charge in [-0.3, -0.25) is 4.99 Å². The second kappa shape index (κ2) is 9.37.